The molecule has 0 heterocycles. The van der Waals surface area contributed by atoms with E-state index in [1.165, 1.54) is 5.56 Å². The Balaban J connectivity index is 1.64. The van der Waals surface area contributed by atoms with Crippen LogP contribution < -0.4 is 14.8 Å². The van der Waals surface area contributed by atoms with Crippen LogP contribution in [-0.2, 0) is 13.2 Å². The highest BCUT2D eigenvalue weighted by Gasteiger charge is 2.13. The normalized spacial score (nSPS) is 11.9. The Morgan fingerprint density at radius 2 is 1.70 bits per heavy atom. The van der Waals surface area contributed by atoms with Gasteiger partial charge in [0.2, 0.25) is 0 Å². The van der Waals surface area contributed by atoms with Gasteiger partial charge in [-0.1, -0.05) is 60.2 Å². The van der Waals surface area contributed by atoms with Crippen LogP contribution in [0.15, 0.2) is 71.2 Å². The molecule has 3 aromatic rings. The van der Waals surface area contributed by atoms with Gasteiger partial charge in [0.15, 0.2) is 11.5 Å². The summed E-state index contributed by atoms with van der Waals surface area (Å²) in [5, 5.41) is 13.6. The molecule has 0 bridgehead atoms. The maximum Gasteiger partial charge on any atom is 0.175 e. The summed E-state index contributed by atoms with van der Waals surface area (Å²) in [6.07, 6.45) is -0.543. The molecule has 1 atom stereocenters. The molecular formula is C25H28BrNO3. The Bertz CT molecular complexity index is 929. The average molecular weight is 470 g/mol. The van der Waals surface area contributed by atoms with Crippen LogP contribution in [0.5, 0.6) is 11.5 Å². The summed E-state index contributed by atoms with van der Waals surface area (Å²) in [6, 6.07) is 22.0. The van der Waals surface area contributed by atoms with Crippen molar-refractivity contribution in [2.75, 3.05) is 13.2 Å². The van der Waals surface area contributed by atoms with Gasteiger partial charge < -0.3 is 19.9 Å². The van der Waals surface area contributed by atoms with Gasteiger partial charge in [-0.25, -0.2) is 0 Å². The first-order valence-electron chi connectivity index (χ1n) is 10.1. The highest BCUT2D eigenvalue weighted by molar-refractivity contribution is 9.10. The van der Waals surface area contributed by atoms with Crippen LogP contribution in [0.25, 0.3) is 0 Å². The molecule has 30 heavy (non-hydrogen) atoms. The first kappa shape index (κ1) is 22.3. The lowest BCUT2D eigenvalue weighted by Crippen LogP contribution is -2.21. The number of nitrogens with one attached hydrogen (secondary N) is 1. The van der Waals surface area contributed by atoms with Gasteiger partial charge >= 0.3 is 0 Å². The topological polar surface area (TPSA) is 50.7 Å². The van der Waals surface area contributed by atoms with Gasteiger partial charge in [0.05, 0.1) is 17.2 Å². The molecule has 0 amide bonds. The van der Waals surface area contributed by atoms with Crippen molar-refractivity contribution in [2.45, 2.75) is 33.1 Å². The molecule has 158 valence electrons. The third kappa shape index (κ3) is 6.33. The maximum absolute atomic E-state index is 10.3. The third-order valence-corrected chi connectivity index (χ3v) is 5.31. The van der Waals surface area contributed by atoms with Gasteiger partial charge in [-0.3, -0.25) is 0 Å². The molecule has 0 aromatic heterocycles. The summed E-state index contributed by atoms with van der Waals surface area (Å²) in [7, 11) is 0. The Morgan fingerprint density at radius 1 is 0.967 bits per heavy atom. The van der Waals surface area contributed by atoms with Gasteiger partial charge in [0, 0.05) is 13.1 Å². The molecule has 3 aromatic carbocycles. The van der Waals surface area contributed by atoms with Crippen molar-refractivity contribution in [3.8, 4) is 11.5 Å². The minimum Gasteiger partial charge on any atom is -0.490 e. The molecular weight excluding hydrogens is 442 g/mol. The Labute approximate surface area is 187 Å². The van der Waals surface area contributed by atoms with Crippen LogP contribution in [0.2, 0.25) is 0 Å². The van der Waals surface area contributed by atoms with Gasteiger partial charge in [-0.05, 0) is 58.6 Å². The standard InChI is InChI=1S/C25H28BrNO3/c1-3-29-24-14-20(15-27-16-23(28)21-7-5-4-6-8-21)13-22(26)25(24)30-17-19-11-9-18(2)10-12-19/h4-14,23,27-28H,3,15-17H2,1-2H3/t23-/m1/s1. The quantitative estimate of drug-likeness (QED) is 0.408. The Kier molecular flexibility index (Phi) is 8.31. The lowest BCUT2D eigenvalue weighted by atomic mass is 10.1. The lowest BCUT2D eigenvalue weighted by molar-refractivity contribution is 0.174. The highest BCUT2D eigenvalue weighted by Crippen LogP contribution is 2.37. The van der Waals surface area contributed by atoms with E-state index in [9.17, 15) is 5.11 Å². The molecule has 0 spiro atoms. The zero-order valence-electron chi connectivity index (χ0n) is 17.4. The van der Waals surface area contributed by atoms with E-state index >= 15 is 0 Å². The van der Waals surface area contributed by atoms with Crippen molar-refractivity contribution in [3.63, 3.8) is 0 Å². The van der Waals surface area contributed by atoms with Crippen LogP contribution in [0.4, 0.5) is 0 Å². The van der Waals surface area contributed by atoms with Crippen molar-refractivity contribution in [3.05, 3.63) is 93.5 Å². The number of hydrogen-bond donors (Lipinski definition) is 2. The number of benzene rings is 3. The molecule has 0 aliphatic heterocycles. The van der Waals surface area contributed by atoms with E-state index in [1.54, 1.807) is 0 Å². The van der Waals surface area contributed by atoms with Crippen molar-refractivity contribution in [2.24, 2.45) is 0 Å². The summed E-state index contributed by atoms with van der Waals surface area (Å²) < 4.78 is 12.7. The number of halogens is 1. The van der Waals surface area contributed by atoms with E-state index in [0.717, 1.165) is 21.2 Å². The highest BCUT2D eigenvalue weighted by atomic mass is 79.9. The molecule has 0 aliphatic rings. The van der Waals surface area contributed by atoms with Gasteiger partial charge in [0.25, 0.3) is 0 Å². The van der Waals surface area contributed by atoms with E-state index in [0.29, 0.717) is 37.8 Å². The summed E-state index contributed by atoms with van der Waals surface area (Å²) in [5.41, 5.74) is 4.29. The first-order chi connectivity index (χ1) is 14.6. The fourth-order valence-corrected chi connectivity index (χ4v) is 3.72. The minimum atomic E-state index is -0.543. The number of ether oxygens (including phenoxy) is 2. The van der Waals surface area contributed by atoms with E-state index in [4.69, 9.17) is 9.47 Å². The molecule has 5 heteroatoms. The van der Waals surface area contributed by atoms with Crippen molar-refractivity contribution in [1.29, 1.82) is 0 Å². The van der Waals surface area contributed by atoms with Gasteiger partial charge in [0.1, 0.15) is 6.61 Å². The summed E-state index contributed by atoms with van der Waals surface area (Å²) in [5.74, 6) is 1.41. The molecule has 0 saturated heterocycles. The summed E-state index contributed by atoms with van der Waals surface area (Å²) in [6.45, 7) is 6.13. The Hall–Kier alpha value is -2.34. The van der Waals surface area contributed by atoms with Crippen LogP contribution in [0.1, 0.15) is 35.3 Å². The molecule has 4 nitrogen and oxygen atoms in total. The van der Waals surface area contributed by atoms with Crippen LogP contribution in [0, 0.1) is 6.92 Å². The van der Waals surface area contributed by atoms with Crippen molar-refractivity contribution < 1.29 is 14.6 Å². The van der Waals surface area contributed by atoms with Crippen LogP contribution >= 0.6 is 15.9 Å². The van der Waals surface area contributed by atoms with E-state index in [2.05, 4.69) is 52.4 Å². The molecule has 0 unspecified atom stereocenters. The fraction of sp³-hybridized carbons (Fsp3) is 0.280. The average Bonchev–Trinajstić information content (AvgIpc) is 2.75. The summed E-state index contributed by atoms with van der Waals surface area (Å²) in [4.78, 5) is 0. The molecule has 0 radical (unpaired) electrons. The number of aryl methyl sites for hydroxylation is 1. The zero-order valence-corrected chi connectivity index (χ0v) is 19.0. The van der Waals surface area contributed by atoms with E-state index in [1.807, 2.05) is 49.4 Å². The fourth-order valence-electron chi connectivity index (χ4n) is 3.11. The smallest absolute Gasteiger partial charge is 0.175 e. The summed E-state index contributed by atoms with van der Waals surface area (Å²) >= 11 is 3.63. The van der Waals surface area contributed by atoms with E-state index < -0.39 is 6.10 Å². The molecule has 3 rings (SSSR count). The van der Waals surface area contributed by atoms with Crippen molar-refractivity contribution in [1.82, 2.24) is 5.32 Å². The van der Waals surface area contributed by atoms with Crippen LogP contribution in [-0.4, -0.2) is 18.3 Å². The first-order valence-corrected chi connectivity index (χ1v) is 10.9. The predicted molar refractivity (Wildman–Crippen MR) is 124 cm³/mol. The minimum absolute atomic E-state index is 0.470. The third-order valence-electron chi connectivity index (χ3n) is 4.72. The Morgan fingerprint density at radius 3 is 2.40 bits per heavy atom. The monoisotopic (exact) mass is 469 g/mol. The second kappa shape index (κ2) is 11.2. The second-order valence-corrected chi connectivity index (χ2v) is 8.02. The molecule has 0 fully saturated rings. The SMILES string of the molecule is CCOc1cc(CNC[C@@H](O)c2ccccc2)cc(Br)c1OCc1ccc(C)cc1. The molecule has 0 aliphatic carbocycles. The van der Waals surface area contributed by atoms with Gasteiger partial charge in [-0.15, -0.1) is 0 Å². The largest absolute Gasteiger partial charge is 0.490 e. The number of aliphatic hydroxyl groups is 1. The van der Waals surface area contributed by atoms with Crippen LogP contribution in [0.3, 0.4) is 0 Å². The van der Waals surface area contributed by atoms with Crippen molar-refractivity contribution >= 4 is 15.9 Å². The van der Waals surface area contributed by atoms with E-state index in [-0.39, 0.29) is 0 Å². The molecule has 0 saturated carbocycles. The van der Waals surface area contributed by atoms with Gasteiger partial charge in [-0.2, -0.15) is 0 Å². The molecule has 2 N–H and O–H groups in total. The lowest BCUT2D eigenvalue weighted by Gasteiger charge is -2.17. The second-order valence-electron chi connectivity index (χ2n) is 7.17. The maximum atomic E-state index is 10.3. The number of hydrogen-bond acceptors (Lipinski definition) is 4. The number of rotatable bonds is 10. The predicted octanol–water partition coefficient (Wildman–Crippen LogP) is 5.56. The number of aliphatic hydroxyl groups excluding tert-OH is 1. The zero-order chi connectivity index (χ0) is 21.3.